The second kappa shape index (κ2) is 6.48. The number of hydrogen-bond acceptors (Lipinski definition) is 5. The SMILES string of the molecule is COc1ccc(-n2ccc(CNc3nc(C)cnc3C)n2)cc1. The van der Waals surface area contributed by atoms with E-state index in [0.29, 0.717) is 6.54 Å². The van der Waals surface area contributed by atoms with Crippen molar-refractivity contribution in [1.82, 2.24) is 19.7 Å². The third-order valence-corrected chi connectivity index (χ3v) is 3.49. The fraction of sp³-hybridized carbons (Fsp3) is 0.235. The fourth-order valence-electron chi connectivity index (χ4n) is 2.21. The summed E-state index contributed by atoms with van der Waals surface area (Å²) in [5.41, 5.74) is 3.69. The van der Waals surface area contributed by atoms with Crippen LogP contribution in [0.25, 0.3) is 5.69 Å². The molecule has 0 saturated heterocycles. The van der Waals surface area contributed by atoms with Gasteiger partial charge in [0.1, 0.15) is 11.6 Å². The molecule has 2 heterocycles. The van der Waals surface area contributed by atoms with E-state index < -0.39 is 0 Å². The molecule has 0 aliphatic rings. The predicted molar refractivity (Wildman–Crippen MR) is 88.9 cm³/mol. The average Bonchev–Trinajstić information content (AvgIpc) is 3.05. The van der Waals surface area contributed by atoms with E-state index in [-0.39, 0.29) is 0 Å². The van der Waals surface area contributed by atoms with Crippen LogP contribution in [0.5, 0.6) is 5.75 Å². The molecule has 118 valence electrons. The van der Waals surface area contributed by atoms with Crippen molar-refractivity contribution in [3.63, 3.8) is 0 Å². The first-order chi connectivity index (χ1) is 11.2. The van der Waals surface area contributed by atoms with Crippen molar-refractivity contribution in [1.29, 1.82) is 0 Å². The molecule has 0 radical (unpaired) electrons. The summed E-state index contributed by atoms with van der Waals surface area (Å²) in [6, 6.07) is 9.76. The third-order valence-electron chi connectivity index (χ3n) is 3.49. The standard InChI is InChI=1S/C17H19N5O/c1-12-10-18-13(2)17(20-12)19-11-14-8-9-22(21-14)15-4-6-16(23-3)7-5-15/h4-10H,11H2,1-3H3,(H,19,20). The number of hydrogen-bond donors (Lipinski definition) is 1. The molecule has 0 aliphatic carbocycles. The molecular formula is C17H19N5O. The predicted octanol–water partition coefficient (Wildman–Crippen LogP) is 2.90. The molecule has 23 heavy (non-hydrogen) atoms. The molecule has 0 saturated carbocycles. The number of aryl methyl sites for hydroxylation is 2. The van der Waals surface area contributed by atoms with Crippen LogP contribution >= 0.6 is 0 Å². The maximum atomic E-state index is 5.17. The Bertz CT molecular complexity index is 795. The van der Waals surface area contributed by atoms with Gasteiger partial charge in [0.2, 0.25) is 0 Å². The van der Waals surface area contributed by atoms with E-state index in [2.05, 4.69) is 20.4 Å². The Labute approximate surface area is 135 Å². The van der Waals surface area contributed by atoms with Gasteiger partial charge in [0, 0.05) is 12.4 Å². The van der Waals surface area contributed by atoms with E-state index >= 15 is 0 Å². The molecule has 0 bridgehead atoms. The monoisotopic (exact) mass is 309 g/mol. The number of rotatable bonds is 5. The lowest BCUT2D eigenvalue weighted by atomic mass is 10.3. The fourth-order valence-corrected chi connectivity index (χ4v) is 2.21. The minimum atomic E-state index is 0.599. The van der Waals surface area contributed by atoms with Gasteiger partial charge in [0.25, 0.3) is 0 Å². The van der Waals surface area contributed by atoms with Crippen LogP contribution in [0.2, 0.25) is 0 Å². The molecule has 0 amide bonds. The molecule has 3 rings (SSSR count). The quantitative estimate of drug-likeness (QED) is 0.785. The van der Waals surface area contributed by atoms with Crippen LogP contribution in [0.1, 0.15) is 17.1 Å². The third kappa shape index (κ3) is 3.48. The zero-order valence-electron chi connectivity index (χ0n) is 13.4. The van der Waals surface area contributed by atoms with Crippen LogP contribution in [0.4, 0.5) is 5.82 Å². The zero-order valence-corrected chi connectivity index (χ0v) is 13.4. The van der Waals surface area contributed by atoms with Crippen LogP contribution in [0.3, 0.4) is 0 Å². The van der Waals surface area contributed by atoms with E-state index in [9.17, 15) is 0 Å². The minimum absolute atomic E-state index is 0.599. The molecule has 1 aromatic carbocycles. The molecule has 3 aromatic rings. The van der Waals surface area contributed by atoms with E-state index in [4.69, 9.17) is 4.74 Å². The van der Waals surface area contributed by atoms with Crippen LogP contribution in [-0.4, -0.2) is 26.9 Å². The van der Waals surface area contributed by atoms with Crippen molar-refractivity contribution < 1.29 is 4.74 Å². The lowest BCUT2D eigenvalue weighted by molar-refractivity contribution is 0.414. The summed E-state index contributed by atoms with van der Waals surface area (Å²) in [6.07, 6.45) is 3.70. The van der Waals surface area contributed by atoms with Gasteiger partial charge in [-0.1, -0.05) is 0 Å². The van der Waals surface area contributed by atoms with E-state index in [1.807, 2.05) is 55.1 Å². The van der Waals surface area contributed by atoms with Crippen molar-refractivity contribution in [3.05, 3.63) is 59.8 Å². The largest absolute Gasteiger partial charge is 0.497 e. The van der Waals surface area contributed by atoms with Gasteiger partial charge in [-0.3, -0.25) is 4.98 Å². The Morgan fingerprint density at radius 3 is 2.65 bits per heavy atom. The smallest absolute Gasteiger partial charge is 0.148 e. The number of anilines is 1. The molecule has 0 aliphatic heterocycles. The first-order valence-electron chi connectivity index (χ1n) is 7.39. The van der Waals surface area contributed by atoms with Crippen molar-refractivity contribution in [3.8, 4) is 11.4 Å². The Morgan fingerprint density at radius 2 is 1.91 bits per heavy atom. The van der Waals surface area contributed by atoms with Crippen molar-refractivity contribution in [2.24, 2.45) is 0 Å². The molecular weight excluding hydrogens is 290 g/mol. The normalized spacial score (nSPS) is 10.6. The molecule has 0 spiro atoms. The van der Waals surface area contributed by atoms with Crippen molar-refractivity contribution in [2.45, 2.75) is 20.4 Å². The number of benzene rings is 1. The molecule has 6 nitrogen and oxygen atoms in total. The summed E-state index contributed by atoms with van der Waals surface area (Å²) in [6.45, 7) is 4.46. The Morgan fingerprint density at radius 1 is 1.13 bits per heavy atom. The Hall–Kier alpha value is -2.89. The first kappa shape index (κ1) is 15.0. The Balaban J connectivity index is 1.70. The number of aromatic nitrogens is 4. The summed E-state index contributed by atoms with van der Waals surface area (Å²) >= 11 is 0. The summed E-state index contributed by atoms with van der Waals surface area (Å²) < 4.78 is 7.00. The molecule has 6 heteroatoms. The number of methoxy groups -OCH3 is 1. The molecule has 2 aromatic heterocycles. The maximum Gasteiger partial charge on any atom is 0.148 e. The van der Waals surface area contributed by atoms with Gasteiger partial charge in [-0.05, 0) is 44.2 Å². The van der Waals surface area contributed by atoms with Gasteiger partial charge in [0.05, 0.1) is 36.4 Å². The maximum absolute atomic E-state index is 5.17. The van der Waals surface area contributed by atoms with Gasteiger partial charge >= 0.3 is 0 Å². The zero-order chi connectivity index (χ0) is 16.2. The summed E-state index contributed by atoms with van der Waals surface area (Å²) in [5, 5.41) is 7.85. The molecule has 0 atom stereocenters. The molecule has 0 unspecified atom stereocenters. The van der Waals surface area contributed by atoms with Crippen molar-refractivity contribution >= 4 is 5.82 Å². The second-order valence-corrected chi connectivity index (χ2v) is 5.25. The van der Waals surface area contributed by atoms with Gasteiger partial charge in [-0.2, -0.15) is 5.10 Å². The first-order valence-corrected chi connectivity index (χ1v) is 7.39. The van der Waals surface area contributed by atoms with Gasteiger partial charge in [-0.25, -0.2) is 9.67 Å². The van der Waals surface area contributed by atoms with Crippen LogP contribution in [-0.2, 0) is 6.54 Å². The highest BCUT2D eigenvalue weighted by Gasteiger charge is 2.05. The van der Waals surface area contributed by atoms with E-state index in [1.165, 1.54) is 0 Å². The number of nitrogens with one attached hydrogen (secondary N) is 1. The summed E-state index contributed by atoms with van der Waals surface area (Å²) in [4.78, 5) is 8.75. The van der Waals surface area contributed by atoms with E-state index in [1.54, 1.807) is 13.3 Å². The van der Waals surface area contributed by atoms with Crippen LogP contribution in [0, 0.1) is 13.8 Å². The van der Waals surface area contributed by atoms with Crippen LogP contribution < -0.4 is 10.1 Å². The summed E-state index contributed by atoms with van der Waals surface area (Å²) in [7, 11) is 1.66. The van der Waals surface area contributed by atoms with Crippen molar-refractivity contribution in [2.75, 3.05) is 12.4 Å². The minimum Gasteiger partial charge on any atom is -0.497 e. The second-order valence-electron chi connectivity index (χ2n) is 5.25. The van der Waals surface area contributed by atoms with Crippen LogP contribution in [0.15, 0.2) is 42.7 Å². The molecule has 0 fully saturated rings. The van der Waals surface area contributed by atoms with Gasteiger partial charge < -0.3 is 10.1 Å². The lowest BCUT2D eigenvalue weighted by Gasteiger charge is -2.07. The number of ether oxygens (including phenoxy) is 1. The average molecular weight is 309 g/mol. The molecule has 1 N–H and O–H groups in total. The lowest BCUT2D eigenvalue weighted by Crippen LogP contribution is -2.06. The summed E-state index contributed by atoms with van der Waals surface area (Å²) in [5.74, 6) is 1.63. The van der Waals surface area contributed by atoms with E-state index in [0.717, 1.165) is 34.3 Å². The highest BCUT2D eigenvalue weighted by atomic mass is 16.5. The highest BCUT2D eigenvalue weighted by Crippen LogP contribution is 2.15. The number of nitrogens with zero attached hydrogens (tertiary/aromatic N) is 4. The Kier molecular flexibility index (Phi) is 4.23. The van der Waals surface area contributed by atoms with Gasteiger partial charge in [-0.15, -0.1) is 0 Å². The van der Waals surface area contributed by atoms with Gasteiger partial charge in [0.15, 0.2) is 0 Å². The topological polar surface area (TPSA) is 64.9 Å². The highest BCUT2D eigenvalue weighted by molar-refractivity contribution is 5.40.